The fourth-order valence-electron chi connectivity index (χ4n) is 2.72. The highest BCUT2D eigenvalue weighted by atomic mass is 16.5. The van der Waals surface area contributed by atoms with E-state index in [1.165, 1.54) is 5.56 Å². The van der Waals surface area contributed by atoms with Crippen molar-refractivity contribution < 1.29 is 13.9 Å². The third kappa shape index (κ3) is 4.03. The standard InChI is InChI=1S/C22H24N2O3/c1-5-26-21(25)18-19(14-8-12-17(23)13-9-14)27-20(24-18)15-6-10-16(11-7-15)22(2,3)4/h6-13H,5,23H2,1-4H3. The number of hydrogen-bond donors (Lipinski definition) is 1. The van der Waals surface area contributed by atoms with Gasteiger partial charge in [0.2, 0.25) is 5.89 Å². The predicted molar refractivity (Wildman–Crippen MR) is 106 cm³/mol. The third-order valence-corrected chi connectivity index (χ3v) is 4.27. The molecule has 0 radical (unpaired) electrons. The molecular formula is C22H24N2O3. The highest BCUT2D eigenvalue weighted by molar-refractivity contribution is 5.94. The lowest BCUT2D eigenvalue weighted by Gasteiger charge is -2.18. The quantitative estimate of drug-likeness (QED) is 0.517. The van der Waals surface area contributed by atoms with Crippen molar-refractivity contribution in [3.05, 3.63) is 59.8 Å². The number of carbonyl (C=O) groups excluding carboxylic acids is 1. The fraction of sp³-hybridized carbons (Fsp3) is 0.273. The highest BCUT2D eigenvalue weighted by Gasteiger charge is 2.23. The molecule has 0 aliphatic carbocycles. The van der Waals surface area contributed by atoms with Crippen LogP contribution in [-0.4, -0.2) is 17.6 Å². The van der Waals surface area contributed by atoms with Crippen molar-refractivity contribution >= 4 is 11.7 Å². The highest BCUT2D eigenvalue weighted by Crippen LogP contribution is 2.32. The zero-order valence-corrected chi connectivity index (χ0v) is 16.1. The number of nitrogens with zero attached hydrogens (tertiary/aromatic N) is 1. The van der Waals surface area contributed by atoms with Crippen LogP contribution >= 0.6 is 0 Å². The molecule has 0 unspecified atom stereocenters. The van der Waals surface area contributed by atoms with E-state index in [2.05, 4.69) is 25.8 Å². The van der Waals surface area contributed by atoms with Gasteiger partial charge in [-0.25, -0.2) is 9.78 Å². The molecule has 140 valence electrons. The van der Waals surface area contributed by atoms with Crippen molar-refractivity contribution in [3.8, 4) is 22.8 Å². The van der Waals surface area contributed by atoms with Crippen molar-refractivity contribution in [1.29, 1.82) is 0 Å². The molecule has 0 amide bonds. The van der Waals surface area contributed by atoms with Gasteiger partial charge in [0.15, 0.2) is 11.5 Å². The first-order chi connectivity index (χ1) is 12.8. The molecular weight excluding hydrogens is 340 g/mol. The summed E-state index contributed by atoms with van der Waals surface area (Å²) in [6.45, 7) is 8.50. The van der Waals surface area contributed by atoms with Gasteiger partial charge in [-0.1, -0.05) is 32.9 Å². The van der Waals surface area contributed by atoms with Crippen LogP contribution in [0.5, 0.6) is 0 Å². The van der Waals surface area contributed by atoms with E-state index in [1.54, 1.807) is 31.2 Å². The summed E-state index contributed by atoms with van der Waals surface area (Å²) in [6.07, 6.45) is 0. The topological polar surface area (TPSA) is 78.3 Å². The van der Waals surface area contributed by atoms with Gasteiger partial charge in [0.1, 0.15) is 0 Å². The van der Waals surface area contributed by atoms with Gasteiger partial charge in [0, 0.05) is 16.8 Å². The molecule has 2 N–H and O–H groups in total. The molecule has 1 heterocycles. The number of oxazole rings is 1. The first kappa shape index (κ1) is 18.7. The summed E-state index contributed by atoms with van der Waals surface area (Å²) in [5, 5.41) is 0. The third-order valence-electron chi connectivity index (χ3n) is 4.27. The second-order valence-electron chi connectivity index (χ2n) is 7.37. The van der Waals surface area contributed by atoms with Crippen LogP contribution in [0.25, 0.3) is 22.8 Å². The molecule has 1 aromatic heterocycles. The van der Waals surface area contributed by atoms with Gasteiger partial charge in [-0.3, -0.25) is 0 Å². The first-order valence-corrected chi connectivity index (χ1v) is 8.94. The van der Waals surface area contributed by atoms with Gasteiger partial charge in [0.25, 0.3) is 0 Å². The molecule has 0 fully saturated rings. The molecule has 3 aromatic rings. The van der Waals surface area contributed by atoms with Crippen molar-refractivity contribution in [2.24, 2.45) is 0 Å². The minimum Gasteiger partial charge on any atom is -0.461 e. The van der Waals surface area contributed by atoms with Crippen molar-refractivity contribution in [2.75, 3.05) is 12.3 Å². The number of nitrogens with two attached hydrogens (primary N) is 1. The van der Waals surface area contributed by atoms with Gasteiger partial charge in [0.05, 0.1) is 6.61 Å². The number of aromatic nitrogens is 1. The maximum Gasteiger partial charge on any atom is 0.361 e. The normalized spacial score (nSPS) is 11.4. The average molecular weight is 364 g/mol. The van der Waals surface area contributed by atoms with E-state index in [-0.39, 0.29) is 17.7 Å². The summed E-state index contributed by atoms with van der Waals surface area (Å²) in [5.74, 6) is 0.249. The summed E-state index contributed by atoms with van der Waals surface area (Å²) in [6, 6.07) is 15.1. The van der Waals surface area contributed by atoms with E-state index in [0.29, 0.717) is 17.3 Å². The molecule has 0 aliphatic heterocycles. The van der Waals surface area contributed by atoms with Crippen LogP contribution in [0.1, 0.15) is 43.7 Å². The van der Waals surface area contributed by atoms with Gasteiger partial charge in [-0.05, 0) is 54.3 Å². The Bertz CT molecular complexity index is 933. The fourth-order valence-corrected chi connectivity index (χ4v) is 2.72. The Morgan fingerprint density at radius 1 is 1.04 bits per heavy atom. The molecule has 0 saturated carbocycles. The van der Waals surface area contributed by atoms with E-state index < -0.39 is 5.97 Å². The SMILES string of the molecule is CCOC(=O)c1nc(-c2ccc(C(C)(C)C)cc2)oc1-c1ccc(N)cc1. The molecule has 0 bridgehead atoms. The average Bonchev–Trinajstić information content (AvgIpc) is 3.07. The van der Waals surface area contributed by atoms with Crippen LogP contribution < -0.4 is 5.73 Å². The lowest BCUT2D eigenvalue weighted by Crippen LogP contribution is -2.10. The minimum atomic E-state index is -0.509. The summed E-state index contributed by atoms with van der Waals surface area (Å²) in [7, 11) is 0. The van der Waals surface area contributed by atoms with E-state index >= 15 is 0 Å². The smallest absolute Gasteiger partial charge is 0.361 e. The minimum absolute atomic E-state index is 0.0559. The van der Waals surface area contributed by atoms with E-state index in [4.69, 9.17) is 14.9 Å². The second-order valence-corrected chi connectivity index (χ2v) is 7.37. The van der Waals surface area contributed by atoms with Crippen LogP contribution in [-0.2, 0) is 10.2 Å². The summed E-state index contributed by atoms with van der Waals surface area (Å²) < 4.78 is 11.1. The Hall–Kier alpha value is -3.08. The van der Waals surface area contributed by atoms with Crippen molar-refractivity contribution in [1.82, 2.24) is 4.98 Å². The number of hydrogen-bond acceptors (Lipinski definition) is 5. The summed E-state index contributed by atoms with van der Waals surface area (Å²) in [5.41, 5.74) is 9.34. The first-order valence-electron chi connectivity index (χ1n) is 8.94. The van der Waals surface area contributed by atoms with Crippen LogP contribution in [0.4, 0.5) is 5.69 Å². The Kier molecular flexibility index (Phi) is 5.04. The molecule has 0 aliphatic rings. The number of benzene rings is 2. The summed E-state index contributed by atoms with van der Waals surface area (Å²) in [4.78, 5) is 16.8. The molecule has 2 aromatic carbocycles. The van der Waals surface area contributed by atoms with E-state index in [1.807, 2.05) is 24.3 Å². The van der Waals surface area contributed by atoms with Crippen LogP contribution in [0.3, 0.4) is 0 Å². The molecule has 3 rings (SSSR count). The number of anilines is 1. The van der Waals surface area contributed by atoms with Crippen LogP contribution in [0.15, 0.2) is 52.9 Å². The van der Waals surface area contributed by atoms with Gasteiger partial charge in [-0.15, -0.1) is 0 Å². The van der Waals surface area contributed by atoms with Crippen molar-refractivity contribution in [3.63, 3.8) is 0 Å². The molecule has 0 spiro atoms. The second kappa shape index (κ2) is 7.27. The molecule has 0 atom stereocenters. The lowest BCUT2D eigenvalue weighted by molar-refractivity contribution is 0.0520. The summed E-state index contributed by atoms with van der Waals surface area (Å²) >= 11 is 0. The maximum atomic E-state index is 12.4. The molecule has 5 heteroatoms. The van der Waals surface area contributed by atoms with Crippen LogP contribution in [0, 0.1) is 0 Å². The lowest BCUT2D eigenvalue weighted by atomic mass is 9.87. The van der Waals surface area contributed by atoms with Gasteiger partial charge in [-0.2, -0.15) is 0 Å². The number of rotatable bonds is 4. The van der Waals surface area contributed by atoms with Gasteiger partial charge >= 0.3 is 5.97 Å². The van der Waals surface area contributed by atoms with E-state index in [0.717, 1.165) is 11.1 Å². The van der Waals surface area contributed by atoms with Crippen LogP contribution in [0.2, 0.25) is 0 Å². The molecule has 27 heavy (non-hydrogen) atoms. The zero-order valence-electron chi connectivity index (χ0n) is 16.1. The number of ether oxygens (including phenoxy) is 1. The number of carbonyl (C=O) groups is 1. The monoisotopic (exact) mass is 364 g/mol. The largest absolute Gasteiger partial charge is 0.461 e. The molecule has 5 nitrogen and oxygen atoms in total. The predicted octanol–water partition coefficient (Wildman–Crippen LogP) is 5.07. The molecule has 0 saturated heterocycles. The van der Waals surface area contributed by atoms with Gasteiger partial charge < -0.3 is 14.9 Å². The Morgan fingerprint density at radius 2 is 1.63 bits per heavy atom. The Balaban J connectivity index is 2.05. The number of esters is 1. The van der Waals surface area contributed by atoms with E-state index in [9.17, 15) is 4.79 Å². The van der Waals surface area contributed by atoms with Crippen molar-refractivity contribution in [2.45, 2.75) is 33.1 Å². The maximum absolute atomic E-state index is 12.4. The Labute approximate surface area is 159 Å². The zero-order chi connectivity index (χ0) is 19.6. The Morgan fingerprint density at radius 3 is 2.19 bits per heavy atom. The number of nitrogen functional groups attached to an aromatic ring is 1.